The lowest BCUT2D eigenvalue weighted by atomic mass is 10.1. The molecule has 3 heterocycles. The number of aryl methyl sites for hydroxylation is 1. The molecule has 1 saturated heterocycles. The lowest BCUT2D eigenvalue weighted by Crippen LogP contribution is -2.25. The van der Waals surface area contributed by atoms with E-state index in [2.05, 4.69) is 43.0 Å². The molecule has 1 aliphatic heterocycles. The van der Waals surface area contributed by atoms with Crippen molar-refractivity contribution in [3.8, 4) is 11.3 Å². The Bertz CT molecular complexity index is 962. The number of rotatable bonds is 6. The van der Waals surface area contributed by atoms with Gasteiger partial charge >= 0.3 is 0 Å². The summed E-state index contributed by atoms with van der Waals surface area (Å²) in [5.74, 6) is 0.786. The van der Waals surface area contributed by atoms with Gasteiger partial charge in [-0.25, -0.2) is 0 Å². The molecule has 0 aliphatic carbocycles. The van der Waals surface area contributed by atoms with Crippen molar-refractivity contribution in [2.24, 2.45) is 0 Å². The first-order valence-electron chi connectivity index (χ1n) is 10.6. The third-order valence-electron chi connectivity index (χ3n) is 5.27. The van der Waals surface area contributed by atoms with E-state index in [1.807, 2.05) is 30.3 Å². The zero-order chi connectivity index (χ0) is 20.8. The normalized spacial score (nSPS) is 14.4. The van der Waals surface area contributed by atoms with Crippen molar-refractivity contribution < 1.29 is 4.79 Å². The van der Waals surface area contributed by atoms with Crippen molar-refractivity contribution in [3.05, 3.63) is 47.0 Å². The second kappa shape index (κ2) is 9.75. The molecule has 0 atom stereocenters. The second-order valence-electron chi connectivity index (χ2n) is 7.51. The van der Waals surface area contributed by atoms with Gasteiger partial charge in [0.2, 0.25) is 0 Å². The number of benzene rings is 1. The van der Waals surface area contributed by atoms with E-state index in [1.165, 1.54) is 25.7 Å². The Morgan fingerprint density at radius 1 is 1.00 bits per heavy atom. The lowest BCUT2D eigenvalue weighted by Gasteiger charge is -2.20. The average Bonchev–Trinajstić information content (AvgIpc) is 3.07. The fourth-order valence-electron chi connectivity index (χ4n) is 3.64. The molecule has 0 unspecified atom stereocenters. The Kier molecular flexibility index (Phi) is 6.63. The van der Waals surface area contributed by atoms with Crippen molar-refractivity contribution in [3.63, 3.8) is 0 Å². The summed E-state index contributed by atoms with van der Waals surface area (Å²) < 4.78 is 3.92. The predicted octanol–water partition coefficient (Wildman–Crippen LogP) is 4.58. The van der Waals surface area contributed by atoms with Gasteiger partial charge in [0, 0.05) is 24.3 Å². The number of carbonyl (C=O) groups is 1. The molecular weight excluding hydrogens is 396 g/mol. The maximum Gasteiger partial charge on any atom is 0.269 e. The number of aromatic nitrogens is 4. The molecule has 1 N–H and O–H groups in total. The number of nitrogens with zero attached hydrogens (tertiary/aromatic N) is 5. The van der Waals surface area contributed by atoms with E-state index in [1.54, 1.807) is 0 Å². The number of anilines is 2. The third-order valence-corrected chi connectivity index (χ3v) is 6.03. The van der Waals surface area contributed by atoms with Crippen LogP contribution in [0.15, 0.2) is 36.4 Å². The van der Waals surface area contributed by atoms with Crippen LogP contribution in [0.5, 0.6) is 0 Å². The molecule has 0 radical (unpaired) electrons. The van der Waals surface area contributed by atoms with Crippen LogP contribution in [0.2, 0.25) is 0 Å². The summed E-state index contributed by atoms with van der Waals surface area (Å²) in [4.78, 5) is 15.4. The first-order chi connectivity index (χ1) is 14.7. The van der Waals surface area contributed by atoms with Crippen LogP contribution in [0.1, 0.15) is 54.4 Å². The fourth-order valence-corrected chi connectivity index (χ4v) is 4.24. The van der Waals surface area contributed by atoms with Gasteiger partial charge in [-0.15, -0.1) is 15.3 Å². The molecule has 1 aliphatic rings. The maximum atomic E-state index is 12.5. The maximum absolute atomic E-state index is 12.5. The summed E-state index contributed by atoms with van der Waals surface area (Å²) in [6.07, 6.45) is 6.71. The molecule has 156 valence electrons. The van der Waals surface area contributed by atoms with Crippen LogP contribution in [0.3, 0.4) is 0 Å². The minimum atomic E-state index is -0.164. The monoisotopic (exact) mass is 422 g/mol. The summed E-state index contributed by atoms with van der Waals surface area (Å²) in [5, 5.41) is 15.9. The fraction of sp³-hybridized carbons (Fsp3) is 0.409. The van der Waals surface area contributed by atoms with Crippen LogP contribution in [0.4, 0.5) is 11.5 Å². The number of amides is 1. The van der Waals surface area contributed by atoms with Gasteiger partial charge < -0.3 is 10.2 Å². The molecule has 2 aromatic heterocycles. The van der Waals surface area contributed by atoms with Crippen molar-refractivity contribution in [1.82, 2.24) is 19.8 Å². The first-order valence-corrected chi connectivity index (χ1v) is 11.3. The molecule has 8 heteroatoms. The van der Waals surface area contributed by atoms with Crippen LogP contribution in [-0.4, -0.2) is 38.8 Å². The van der Waals surface area contributed by atoms with Crippen molar-refractivity contribution in [2.75, 3.05) is 23.3 Å². The van der Waals surface area contributed by atoms with Crippen molar-refractivity contribution in [2.45, 2.75) is 45.4 Å². The van der Waals surface area contributed by atoms with Gasteiger partial charge in [-0.3, -0.25) is 4.79 Å². The van der Waals surface area contributed by atoms with Crippen molar-refractivity contribution in [1.29, 1.82) is 0 Å². The lowest BCUT2D eigenvalue weighted by molar-refractivity contribution is 0.102. The number of nitrogens with one attached hydrogen (secondary N) is 1. The summed E-state index contributed by atoms with van der Waals surface area (Å²) in [7, 11) is 0. The molecular formula is C22H26N6OS. The molecule has 30 heavy (non-hydrogen) atoms. The van der Waals surface area contributed by atoms with E-state index >= 15 is 0 Å². The SMILES string of the molecule is CCCc1nnsc1C(=O)Nc1ccc(-c2ccc(N3CCCCCC3)nn2)cc1. The van der Waals surface area contributed by atoms with Gasteiger partial charge in [0.05, 0.1) is 11.4 Å². The smallest absolute Gasteiger partial charge is 0.269 e. The van der Waals surface area contributed by atoms with E-state index in [9.17, 15) is 4.79 Å². The van der Waals surface area contributed by atoms with Crippen molar-refractivity contribution >= 4 is 28.9 Å². The van der Waals surface area contributed by atoms with Gasteiger partial charge in [-0.05, 0) is 55.1 Å². The molecule has 0 saturated carbocycles. The van der Waals surface area contributed by atoms with Gasteiger partial charge in [-0.2, -0.15) is 0 Å². The third kappa shape index (κ3) is 4.81. The van der Waals surface area contributed by atoms with E-state index in [-0.39, 0.29) is 5.91 Å². The highest BCUT2D eigenvalue weighted by molar-refractivity contribution is 7.08. The van der Waals surface area contributed by atoms with E-state index in [4.69, 9.17) is 0 Å². The highest BCUT2D eigenvalue weighted by Gasteiger charge is 2.16. The number of carbonyl (C=O) groups excluding carboxylic acids is 1. The van der Waals surface area contributed by atoms with Gasteiger partial charge in [0.25, 0.3) is 5.91 Å². The zero-order valence-electron chi connectivity index (χ0n) is 17.2. The number of hydrogen-bond donors (Lipinski definition) is 1. The molecule has 0 spiro atoms. The largest absolute Gasteiger partial charge is 0.355 e. The Hall–Kier alpha value is -2.87. The molecule has 4 rings (SSSR count). The standard InChI is InChI=1S/C22H26N6OS/c1-2-7-19-21(30-27-25-19)22(29)23-17-10-8-16(9-11-17)18-12-13-20(26-24-18)28-14-5-3-4-6-15-28/h8-13H,2-7,14-15H2,1H3,(H,23,29). The number of hydrogen-bond acceptors (Lipinski definition) is 7. The quantitative estimate of drug-likeness (QED) is 0.626. The van der Waals surface area contributed by atoms with Crippen LogP contribution in [0, 0.1) is 0 Å². The van der Waals surface area contributed by atoms with Crippen LogP contribution in [-0.2, 0) is 6.42 Å². The van der Waals surface area contributed by atoms with Crippen LogP contribution >= 0.6 is 11.5 Å². The van der Waals surface area contributed by atoms with E-state index < -0.39 is 0 Å². The molecule has 7 nitrogen and oxygen atoms in total. The summed E-state index contributed by atoms with van der Waals surface area (Å²) in [5.41, 5.74) is 3.28. The summed E-state index contributed by atoms with van der Waals surface area (Å²) in [6, 6.07) is 11.7. The minimum Gasteiger partial charge on any atom is -0.355 e. The van der Waals surface area contributed by atoms with Gasteiger partial charge in [0.1, 0.15) is 4.88 Å². The van der Waals surface area contributed by atoms with Gasteiger partial charge in [-0.1, -0.05) is 42.8 Å². The molecule has 1 amide bonds. The molecule has 1 aromatic carbocycles. The Morgan fingerprint density at radius 2 is 1.77 bits per heavy atom. The van der Waals surface area contributed by atoms with E-state index in [0.29, 0.717) is 4.88 Å². The highest BCUT2D eigenvalue weighted by atomic mass is 32.1. The predicted molar refractivity (Wildman–Crippen MR) is 120 cm³/mol. The Morgan fingerprint density at radius 3 is 2.43 bits per heavy atom. The highest BCUT2D eigenvalue weighted by Crippen LogP contribution is 2.23. The Labute approximate surface area is 180 Å². The first kappa shape index (κ1) is 20.4. The minimum absolute atomic E-state index is 0.164. The summed E-state index contributed by atoms with van der Waals surface area (Å²) >= 11 is 1.14. The topological polar surface area (TPSA) is 83.9 Å². The average molecular weight is 423 g/mol. The Balaban J connectivity index is 1.41. The molecule has 3 aromatic rings. The van der Waals surface area contributed by atoms with Gasteiger partial charge in [0.15, 0.2) is 5.82 Å². The zero-order valence-corrected chi connectivity index (χ0v) is 18.0. The molecule has 0 bridgehead atoms. The van der Waals surface area contributed by atoms with E-state index in [0.717, 1.165) is 65.9 Å². The second-order valence-corrected chi connectivity index (χ2v) is 8.26. The summed E-state index contributed by atoms with van der Waals surface area (Å²) in [6.45, 7) is 4.17. The van der Waals surface area contributed by atoms with Crippen LogP contribution < -0.4 is 10.2 Å². The molecule has 1 fully saturated rings. The van der Waals surface area contributed by atoms with Crippen LogP contribution in [0.25, 0.3) is 11.3 Å².